The van der Waals surface area contributed by atoms with Crippen molar-refractivity contribution in [1.82, 2.24) is 5.32 Å². The SMILES string of the molecule is COc1ccc(-c2ccc(CCC(=O)NCc3ccccc3Cl)o2)cc1. The second-order valence-corrected chi connectivity index (χ2v) is 6.27. The third-order valence-electron chi connectivity index (χ3n) is 4.07. The second-order valence-electron chi connectivity index (χ2n) is 5.86. The summed E-state index contributed by atoms with van der Waals surface area (Å²) in [5.41, 5.74) is 1.88. The minimum atomic E-state index is -0.0349. The molecule has 1 N–H and O–H groups in total. The average Bonchev–Trinajstić information content (AvgIpc) is 3.15. The molecule has 0 atom stereocenters. The predicted octanol–water partition coefficient (Wildman–Crippen LogP) is 4.86. The van der Waals surface area contributed by atoms with Gasteiger partial charge >= 0.3 is 0 Å². The van der Waals surface area contributed by atoms with Gasteiger partial charge in [0.05, 0.1) is 7.11 Å². The van der Waals surface area contributed by atoms with E-state index in [1.54, 1.807) is 7.11 Å². The van der Waals surface area contributed by atoms with Gasteiger partial charge in [-0.2, -0.15) is 0 Å². The number of hydrogen-bond donors (Lipinski definition) is 1. The minimum absolute atomic E-state index is 0.0349. The summed E-state index contributed by atoms with van der Waals surface area (Å²) in [6.45, 7) is 0.424. The fraction of sp³-hybridized carbons (Fsp3) is 0.190. The van der Waals surface area contributed by atoms with Gasteiger partial charge in [-0.3, -0.25) is 4.79 Å². The monoisotopic (exact) mass is 369 g/mol. The van der Waals surface area contributed by atoms with Crippen LogP contribution in [0.4, 0.5) is 0 Å². The van der Waals surface area contributed by atoms with Gasteiger partial charge in [-0.15, -0.1) is 0 Å². The summed E-state index contributed by atoms with van der Waals surface area (Å²) in [4.78, 5) is 12.0. The highest BCUT2D eigenvalue weighted by atomic mass is 35.5. The molecule has 0 spiro atoms. The molecule has 3 aromatic rings. The second kappa shape index (κ2) is 8.59. The zero-order valence-electron chi connectivity index (χ0n) is 14.5. The van der Waals surface area contributed by atoms with Gasteiger partial charge in [0.25, 0.3) is 0 Å². The van der Waals surface area contributed by atoms with Gasteiger partial charge in [-0.25, -0.2) is 0 Å². The van der Waals surface area contributed by atoms with E-state index in [1.807, 2.05) is 60.7 Å². The zero-order valence-corrected chi connectivity index (χ0v) is 15.3. The molecule has 26 heavy (non-hydrogen) atoms. The Morgan fingerprint density at radius 2 is 1.85 bits per heavy atom. The molecule has 0 aliphatic carbocycles. The number of methoxy groups -OCH3 is 1. The number of carbonyl (C=O) groups excluding carboxylic acids is 1. The lowest BCUT2D eigenvalue weighted by Crippen LogP contribution is -2.23. The Morgan fingerprint density at radius 3 is 2.58 bits per heavy atom. The fourth-order valence-corrected chi connectivity index (χ4v) is 2.79. The van der Waals surface area contributed by atoms with E-state index in [2.05, 4.69) is 5.32 Å². The lowest BCUT2D eigenvalue weighted by Gasteiger charge is -2.06. The lowest BCUT2D eigenvalue weighted by molar-refractivity contribution is -0.121. The van der Waals surface area contributed by atoms with E-state index in [4.69, 9.17) is 20.8 Å². The summed E-state index contributed by atoms with van der Waals surface area (Å²) in [6, 6.07) is 19.0. The molecule has 0 fully saturated rings. The third-order valence-corrected chi connectivity index (χ3v) is 4.44. The maximum atomic E-state index is 12.0. The molecule has 1 amide bonds. The van der Waals surface area contributed by atoms with Crippen LogP contribution in [0, 0.1) is 0 Å². The Labute approximate surface area is 157 Å². The number of furan rings is 1. The van der Waals surface area contributed by atoms with Crippen LogP contribution in [0.25, 0.3) is 11.3 Å². The number of benzene rings is 2. The lowest BCUT2D eigenvalue weighted by atomic mass is 10.2. The standard InChI is InChI=1S/C21H20ClNO3/c1-25-17-8-6-15(7-9-17)20-12-10-18(26-20)11-13-21(24)23-14-16-4-2-3-5-19(16)22/h2-10,12H,11,13-14H2,1H3,(H,23,24). The highest BCUT2D eigenvalue weighted by Crippen LogP contribution is 2.25. The van der Waals surface area contributed by atoms with Gasteiger partial charge in [-0.05, 0) is 48.0 Å². The molecule has 1 heterocycles. The smallest absolute Gasteiger partial charge is 0.220 e. The maximum absolute atomic E-state index is 12.0. The number of rotatable bonds is 7. The summed E-state index contributed by atoms with van der Waals surface area (Å²) in [6.07, 6.45) is 0.907. The molecule has 0 radical (unpaired) electrons. The molecule has 4 nitrogen and oxygen atoms in total. The van der Waals surface area contributed by atoms with Gasteiger partial charge < -0.3 is 14.5 Å². The van der Waals surface area contributed by atoms with E-state index in [-0.39, 0.29) is 5.91 Å². The first kappa shape index (κ1) is 18.1. The van der Waals surface area contributed by atoms with Crippen LogP contribution in [-0.2, 0) is 17.8 Å². The molecule has 0 saturated heterocycles. The molecule has 1 aromatic heterocycles. The number of halogens is 1. The van der Waals surface area contributed by atoms with Gasteiger partial charge in [0.2, 0.25) is 5.91 Å². The Kier molecular flexibility index (Phi) is 5.97. The van der Waals surface area contributed by atoms with Crippen LogP contribution >= 0.6 is 11.6 Å². The van der Waals surface area contributed by atoms with Crippen molar-refractivity contribution in [2.24, 2.45) is 0 Å². The summed E-state index contributed by atoms with van der Waals surface area (Å²) in [5.74, 6) is 2.32. The van der Waals surface area contributed by atoms with Crippen LogP contribution in [0.3, 0.4) is 0 Å². The van der Waals surface area contributed by atoms with Crippen molar-refractivity contribution in [2.75, 3.05) is 7.11 Å². The molecular weight excluding hydrogens is 350 g/mol. The highest BCUT2D eigenvalue weighted by Gasteiger charge is 2.08. The molecule has 0 unspecified atom stereocenters. The summed E-state index contributed by atoms with van der Waals surface area (Å²) in [5, 5.41) is 3.54. The topological polar surface area (TPSA) is 51.5 Å². The van der Waals surface area contributed by atoms with Crippen molar-refractivity contribution < 1.29 is 13.9 Å². The first-order valence-corrected chi connectivity index (χ1v) is 8.77. The van der Waals surface area contributed by atoms with E-state index < -0.39 is 0 Å². The molecule has 0 bridgehead atoms. The molecule has 0 saturated carbocycles. The van der Waals surface area contributed by atoms with Gasteiger partial charge in [0.15, 0.2) is 0 Å². The van der Waals surface area contributed by atoms with E-state index in [0.717, 1.165) is 28.4 Å². The van der Waals surface area contributed by atoms with E-state index in [0.29, 0.717) is 24.4 Å². The van der Waals surface area contributed by atoms with Crippen LogP contribution in [-0.4, -0.2) is 13.0 Å². The van der Waals surface area contributed by atoms with Crippen LogP contribution in [0.2, 0.25) is 5.02 Å². The normalized spacial score (nSPS) is 10.5. The molecule has 2 aromatic carbocycles. The number of aryl methyl sites for hydroxylation is 1. The number of amides is 1. The van der Waals surface area contributed by atoms with Crippen LogP contribution < -0.4 is 10.1 Å². The van der Waals surface area contributed by atoms with Crippen molar-refractivity contribution in [3.63, 3.8) is 0 Å². The quantitative estimate of drug-likeness (QED) is 0.647. The third kappa shape index (κ3) is 4.67. The molecule has 5 heteroatoms. The molecule has 0 aliphatic heterocycles. The summed E-state index contributed by atoms with van der Waals surface area (Å²) >= 11 is 6.09. The molecule has 134 valence electrons. The Bertz CT molecular complexity index is 871. The van der Waals surface area contributed by atoms with E-state index >= 15 is 0 Å². The summed E-state index contributed by atoms with van der Waals surface area (Å²) in [7, 11) is 1.64. The van der Waals surface area contributed by atoms with Crippen molar-refractivity contribution in [3.8, 4) is 17.1 Å². The first-order valence-electron chi connectivity index (χ1n) is 8.39. The number of carbonyl (C=O) groups is 1. The van der Waals surface area contributed by atoms with E-state index in [9.17, 15) is 4.79 Å². The predicted molar refractivity (Wildman–Crippen MR) is 102 cm³/mol. The van der Waals surface area contributed by atoms with Gasteiger partial charge in [0.1, 0.15) is 17.3 Å². The maximum Gasteiger partial charge on any atom is 0.220 e. The van der Waals surface area contributed by atoms with Crippen molar-refractivity contribution in [2.45, 2.75) is 19.4 Å². The Hall–Kier alpha value is -2.72. The fourth-order valence-electron chi connectivity index (χ4n) is 2.58. The van der Waals surface area contributed by atoms with Crippen LogP contribution in [0.1, 0.15) is 17.7 Å². The largest absolute Gasteiger partial charge is 0.497 e. The number of hydrogen-bond acceptors (Lipinski definition) is 3. The first-order chi connectivity index (χ1) is 12.7. The minimum Gasteiger partial charge on any atom is -0.497 e. The Balaban J connectivity index is 1.51. The molecule has 3 rings (SSSR count). The van der Waals surface area contributed by atoms with Gasteiger partial charge in [-0.1, -0.05) is 29.8 Å². The molecular formula is C21H20ClNO3. The van der Waals surface area contributed by atoms with Crippen LogP contribution in [0.15, 0.2) is 65.1 Å². The average molecular weight is 370 g/mol. The summed E-state index contributed by atoms with van der Waals surface area (Å²) < 4.78 is 11.0. The van der Waals surface area contributed by atoms with Gasteiger partial charge in [0, 0.05) is 30.0 Å². The van der Waals surface area contributed by atoms with Crippen molar-refractivity contribution in [1.29, 1.82) is 0 Å². The zero-order chi connectivity index (χ0) is 18.4. The van der Waals surface area contributed by atoms with Crippen molar-refractivity contribution in [3.05, 3.63) is 77.0 Å². The molecule has 0 aliphatic rings. The van der Waals surface area contributed by atoms with Crippen molar-refractivity contribution >= 4 is 17.5 Å². The van der Waals surface area contributed by atoms with Crippen LogP contribution in [0.5, 0.6) is 5.75 Å². The highest BCUT2D eigenvalue weighted by molar-refractivity contribution is 6.31. The number of nitrogens with one attached hydrogen (secondary N) is 1. The Morgan fingerprint density at radius 1 is 1.08 bits per heavy atom. The number of ether oxygens (including phenoxy) is 1. The van der Waals surface area contributed by atoms with E-state index in [1.165, 1.54) is 0 Å².